The van der Waals surface area contributed by atoms with Crippen LogP contribution in [0.1, 0.15) is 13.3 Å². The first-order valence-corrected chi connectivity index (χ1v) is 5.01. The van der Waals surface area contributed by atoms with Crippen LogP contribution in [0, 0.1) is 5.92 Å². The molecule has 5 heteroatoms. The average Bonchev–Trinajstić information content (AvgIpc) is 2.64. The molecule has 2 unspecified atom stereocenters. The number of carbonyl (C=O) groups is 1. The molecule has 2 heterocycles. The molecule has 0 radical (unpaired) electrons. The zero-order valence-corrected chi connectivity index (χ0v) is 8.27. The van der Waals surface area contributed by atoms with Gasteiger partial charge in [-0.25, -0.2) is 4.79 Å². The zero-order chi connectivity index (χ0) is 9.97. The molecule has 78 valence electrons. The predicted octanol–water partition coefficient (Wildman–Crippen LogP) is 0.422. The normalized spacial score (nSPS) is 29.6. The number of nitrogens with one attached hydrogen (secondary N) is 1. The summed E-state index contributed by atoms with van der Waals surface area (Å²) in [5, 5.41) is 4.01. The summed E-state index contributed by atoms with van der Waals surface area (Å²) in [5.74, 6) is 0.355. The topological polar surface area (TPSA) is 53.9 Å². The lowest BCUT2D eigenvalue weighted by Gasteiger charge is -2.32. The molecule has 2 rings (SSSR count). The number of rotatable bonds is 1. The molecule has 14 heavy (non-hydrogen) atoms. The molecule has 0 spiro atoms. The van der Waals surface area contributed by atoms with Gasteiger partial charge in [0.1, 0.15) is 0 Å². The van der Waals surface area contributed by atoms with E-state index in [1.54, 1.807) is 4.90 Å². The summed E-state index contributed by atoms with van der Waals surface area (Å²) in [6.07, 6.45) is 2.63. The number of hydrazone groups is 1. The molecule has 1 N–H and O–H groups in total. The Morgan fingerprint density at radius 3 is 3.43 bits per heavy atom. The van der Waals surface area contributed by atoms with E-state index in [0.717, 1.165) is 19.5 Å². The van der Waals surface area contributed by atoms with Gasteiger partial charge in [0.2, 0.25) is 0 Å². The highest BCUT2D eigenvalue weighted by molar-refractivity contribution is 5.70. The number of amides is 1. The number of carbonyl (C=O) groups excluding carboxylic acids is 1. The quantitative estimate of drug-likeness (QED) is 0.663. The minimum absolute atomic E-state index is 0.203. The van der Waals surface area contributed by atoms with Crippen molar-refractivity contribution >= 4 is 12.3 Å². The molecular weight excluding hydrogens is 182 g/mol. The highest BCUT2D eigenvalue weighted by Gasteiger charge is 2.33. The summed E-state index contributed by atoms with van der Waals surface area (Å²) in [4.78, 5) is 13.2. The van der Waals surface area contributed by atoms with Crippen LogP contribution in [0.5, 0.6) is 0 Å². The lowest BCUT2D eigenvalue weighted by Crippen LogP contribution is -2.48. The molecule has 1 saturated heterocycles. The monoisotopic (exact) mass is 197 g/mol. The van der Waals surface area contributed by atoms with Gasteiger partial charge in [0.05, 0.1) is 12.6 Å². The van der Waals surface area contributed by atoms with E-state index in [4.69, 9.17) is 4.74 Å². The van der Waals surface area contributed by atoms with Crippen molar-refractivity contribution in [1.29, 1.82) is 0 Å². The number of likely N-dealkylation sites (tertiary alicyclic amines) is 1. The number of fused-ring (bicyclic) bond motifs is 1. The molecule has 2 atom stereocenters. The van der Waals surface area contributed by atoms with Gasteiger partial charge >= 0.3 is 6.09 Å². The Morgan fingerprint density at radius 1 is 1.79 bits per heavy atom. The van der Waals surface area contributed by atoms with E-state index >= 15 is 0 Å². The summed E-state index contributed by atoms with van der Waals surface area (Å²) in [6, 6.07) is 0.417. The maximum absolute atomic E-state index is 11.4. The molecule has 0 aromatic carbocycles. The summed E-state index contributed by atoms with van der Waals surface area (Å²) in [5.41, 5.74) is 3.04. The lowest BCUT2D eigenvalue weighted by molar-refractivity contribution is 0.0909. The van der Waals surface area contributed by atoms with Crippen molar-refractivity contribution in [2.75, 3.05) is 19.7 Å². The summed E-state index contributed by atoms with van der Waals surface area (Å²) in [6.45, 7) is 3.75. The van der Waals surface area contributed by atoms with E-state index in [9.17, 15) is 4.79 Å². The van der Waals surface area contributed by atoms with Crippen LogP contribution in [0.3, 0.4) is 0 Å². The highest BCUT2D eigenvalue weighted by atomic mass is 16.6. The van der Waals surface area contributed by atoms with E-state index in [-0.39, 0.29) is 6.09 Å². The largest absolute Gasteiger partial charge is 0.450 e. The summed E-state index contributed by atoms with van der Waals surface area (Å²) >= 11 is 0. The fourth-order valence-electron chi connectivity index (χ4n) is 1.91. The summed E-state index contributed by atoms with van der Waals surface area (Å²) in [7, 11) is 0. The second-order valence-corrected chi connectivity index (χ2v) is 3.61. The first-order chi connectivity index (χ1) is 6.81. The third-order valence-corrected chi connectivity index (χ3v) is 2.69. The zero-order valence-electron chi connectivity index (χ0n) is 8.27. The van der Waals surface area contributed by atoms with E-state index in [2.05, 4.69) is 10.5 Å². The number of piperidine rings is 1. The molecule has 0 aromatic heterocycles. The third-order valence-electron chi connectivity index (χ3n) is 2.69. The van der Waals surface area contributed by atoms with E-state index < -0.39 is 0 Å². The Bertz CT molecular complexity index is 254. The molecule has 2 aliphatic rings. The van der Waals surface area contributed by atoms with Crippen molar-refractivity contribution in [3.8, 4) is 0 Å². The molecule has 0 bridgehead atoms. The average molecular weight is 197 g/mol. The van der Waals surface area contributed by atoms with Crippen LogP contribution in [0.25, 0.3) is 0 Å². The molecule has 0 aliphatic carbocycles. The SMILES string of the molecule is CCOC(=O)N1CCC2NN=CC2C1. The highest BCUT2D eigenvalue weighted by Crippen LogP contribution is 2.19. The van der Waals surface area contributed by atoms with Gasteiger partial charge in [0, 0.05) is 25.2 Å². The fourth-order valence-corrected chi connectivity index (χ4v) is 1.91. The molecule has 1 fully saturated rings. The first kappa shape index (κ1) is 9.30. The molecule has 0 aromatic rings. The molecule has 1 amide bonds. The minimum atomic E-state index is -0.203. The third kappa shape index (κ3) is 1.66. The van der Waals surface area contributed by atoms with Gasteiger partial charge in [-0.05, 0) is 13.3 Å². The van der Waals surface area contributed by atoms with Crippen molar-refractivity contribution < 1.29 is 9.53 Å². The Kier molecular flexibility index (Phi) is 2.56. The van der Waals surface area contributed by atoms with E-state index in [0.29, 0.717) is 18.6 Å². The van der Waals surface area contributed by atoms with Crippen LogP contribution in [-0.2, 0) is 4.74 Å². The van der Waals surface area contributed by atoms with Gasteiger partial charge in [-0.3, -0.25) is 0 Å². The Labute approximate surface area is 83.1 Å². The lowest BCUT2D eigenvalue weighted by atomic mass is 9.95. The van der Waals surface area contributed by atoms with Crippen LogP contribution in [-0.4, -0.2) is 42.9 Å². The minimum Gasteiger partial charge on any atom is -0.450 e. The van der Waals surface area contributed by atoms with Gasteiger partial charge in [0.15, 0.2) is 0 Å². The first-order valence-electron chi connectivity index (χ1n) is 5.01. The van der Waals surface area contributed by atoms with Crippen LogP contribution < -0.4 is 5.43 Å². The molecule has 2 aliphatic heterocycles. The second-order valence-electron chi connectivity index (χ2n) is 3.61. The predicted molar refractivity (Wildman–Crippen MR) is 52.1 cm³/mol. The molecule has 0 saturated carbocycles. The Morgan fingerprint density at radius 2 is 2.64 bits per heavy atom. The second kappa shape index (κ2) is 3.86. The fraction of sp³-hybridized carbons (Fsp3) is 0.778. The van der Waals surface area contributed by atoms with E-state index in [1.807, 2.05) is 13.1 Å². The molecule has 5 nitrogen and oxygen atoms in total. The number of hydrogen-bond acceptors (Lipinski definition) is 4. The maximum atomic E-state index is 11.4. The van der Waals surface area contributed by atoms with Crippen molar-refractivity contribution in [2.24, 2.45) is 11.0 Å². The van der Waals surface area contributed by atoms with Gasteiger partial charge in [-0.15, -0.1) is 0 Å². The number of nitrogens with zero attached hydrogens (tertiary/aromatic N) is 2. The van der Waals surface area contributed by atoms with Crippen molar-refractivity contribution in [1.82, 2.24) is 10.3 Å². The van der Waals surface area contributed by atoms with Gasteiger partial charge in [-0.1, -0.05) is 0 Å². The van der Waals surface area contributed by atoms with Gasteiger partial charge in [0.25, 0.3) is 0 Å². The van der Waals surface area contributed by atoms with Crippen LogP contribution in [0.2, 0.25) is 0 Å². The number of ether oxygens (including phenoxy) is 1. The van der Waals surface area contributed by atoms with E-state index in [1.165, 1.54) is 0 Å². The van der Waals surface area contributed by atoms with Crippen LogP contribution >= 0.6 is 0 Å². The van der Waals surface area contributed by atoms with Gasteiger partial charge in [-0.2, -0.15) is 5.10 Å². The summed E-state index contributed by atoms with van der Waals surface area (Å²) < 4.78 is 4.95. The van der Waals surface area contributed by atoms with Gasteiger partial charge < -0.3 is 15.1 Å². The van der Waals surface area contributed by atoms with Crippen molar-refractivity contribution in [3.63, 3.8) is 0 Å². The van der Waals surface area contributed by atoms with Crippen molar-refractivity contribution in [3.05, 3.63) is 0 Å². The number of hydrogen-bond donors (Lipinski definition) is 1. The van der Waals surface area contributed by atoms with Crippen LogP contribution in [0.4, 0.5) is 4.79 Å². The maximum Gasteiger partial charge on any atom is 0.409 e. The molecular formula is C9H15N3O2. The Balaban J connectivity index is 1.90. The standard InChI is InChI=1S/C9H15N3O2/c1-2-14-9(13)12-4-3-8-7(6-12)5-10-11-8/h5,7-8,11H,2-4,6H2,1H3. The van der Waals surface area contributed by atoms with Crippen LogP contribution in [0.15, 0.2) is 5.10 Å². The Hall–Kier alpha value is -1.26. The smallest absolute Gasteiger partial charge is 0.409 e. The van der Waals surface area contributed by atoms with Crippen molar-refractivity contribution in [2.45, 2.75) is 19.4 Å².